The van der Waals surface area contributed by atoms with Crippen molar-refractivity contribution in [2.24, 2.45) is 0 Å². The predicted molar refractivity (Wildman–Crippen MR) is 102 cm³/mol. The molecule has 4 nitrogen and oxygen atoms in total. The monoisotopic (exact) mass is 360 g/mol. The molecule has 0 spiro atoms. The van der Waals surface area contributed by atoms with Gasteiger partial charge in [0.2, 0.25) is 0 Å². The van der Waals surface area contributed by atoms with Gasteiger partial charge in [-0.25, -0.2) is 0 Å². The molecule has 0 aliphatic carbocycles. The van der Waals surface area contributed by atoms with E-state index < -0.39 is 0 Å². The van der Waals surface area contributed by atoms with Crippen LogP contribution in [0.15, 0.2) is 36.4 Å². The maximum Gasteiger partial charge on any atom is 0.138 e. The third kappa shape index (κ3) is 3.92. The number of rotatable bonds is 5. The summed E-state index contributed by atoms with van der Waals surface area (Å²) >= 11 is 6.31. The summed E-state index contributed by atoms with van der Waals surface area (Å²) < 4.78 is 11.1. The first kappa shape index (κ1) is 18.1. The summed E-state index contributed by atoms with van der Waals surface area (Å²) in [7, 11) is 3.33. The largest absolute Gasteiger partial charge is 0.496 e. The van der Waals surface area contributed by atoms with Crippen molar-refractivity contribution in [3.05, 3.63) is 58.1 Å². The van der Waals surface area contributed by atoms with Crippen molar-refractivity contribution in [3.8, 4) is 11.5 Å². The Hall–Kier alpha value is -1.75. The van der Waals surface area contributed by atoms with Crippen molar-refractivity contribution < 1.29 is 9.47 Å². The number of methoxy groups -OCH3 is 2. The first-order valence-corrected chi connectivity index (χ1v) is 8.94. The summed E-state index contributed by atoms with van der Waals surface area (Å²) in [6.07, 6.45) is 0. The van der Waals surface area contributed by atoms with E-state index in [1.54, 1.807) is 14.2 Å². The molecular formula is C20H25ClN2O2. The Labute approximate surface area is 154 Å². The standard InChI is InChI=1S/C20H25ClN2O2/c1-14-4-6-15(7-5-14)20(23-10-8-22-9-11-23)16-12-19(25-3)17(21)13-18(16)24-2/h4-7,12-13,20,22H,8-11H2,1-3H3. The number of halogens is 1. The van der Waals surface area contributed by atoms with Gasteiger partial charge in [0.25, 0.3) is 0 Å². The van der Waals surface area contributed by atoms with Crippen LogP contribution in [0, 0.1) is 6.92 Å². The summed E-state index contributed by atoms with van der Waals surface area (Å²) in [6.45, 7) is 6.03. The third-order valence-corrected chi connectivity index (χ3v) is 5.00. The molecule has 0 amide bonds. The Kier molecular flexibility index (Phi) is 5.84. The molecule has 134 valence electrons. The van der Waals surface area contributed by atoms with Crippen LogP contribution >= 0.6 is 11.6 Å². The van der Waals surface area contributed by atoms with Gasteiger partial charge in [-0.2, -0.15) is 0 Å². The molecule has 25 heavy (non-hydrogen) atoms. The van der Waals surface area contributed by atoms with Gasteiger partial charge in [-0.3, -0.25) is 4.90 Å². The van der Waals surface area contributed by atoms with Gasteiger partial charge in [-0.15, -0.1) is 0 Å². The molecule has 1 aliphatic rings. The van der Waals surface area contributed by atoms with Crippen LogP contribution in [0.25, 0.3) is 0 Å². The van der Waals surface area contributed by atoms with Crippen molar-refractivity contribution in [1.82, 2.24) is 10.2 Å². The van der Waals surface area contributed by atoms with Crippen LogP contribution in [0.5, 0.6) is 11.5 Å². The van der Waals surface area contributed by atoms with E-state index in [1.807, 2.05) is 12.1 Å². The molecule has 1 unspecified atom stereocenters. The van der Waals surface area contributed by atoms with Crippen LogP contribution in [-0.4, -0.2) is 45.3 Å². The third-order valence-electron chi connectivity index (χ3n) is 4.71. The number of nitrogens with one attached hydrogen (secondary N) is 1. The lowest BCUT2D eigenvalue weighted by Gasteiger charge is -2.36. The van der Waals surface area contributed by atoms with E-state index in [2.05, 4.69) is 41.4 Å². The highest BCUT2D eigenvalue weighted by Gasteiger charge is 2.27. The Morgan fingerprint density at radius 2 is 1.64 bits per heavy atom. The van der Waals surface area contributed by atoms with Crippen LogP contribution < -0.4 is 14.8 Å². The molecular weight excluding hydrogens is 336 g/mol. The summed E-state index contributed by atoms with van der Waals surface area (Å²) in [5.74, 6) is 1.46. The number of ether oxygens (including phenoxy) is 2. The summed E-state index contributed by atoms with van der Waals surface area (Å²) in [5, 5.41) is 3.98. The molecule has 2 aromatic carbocycles. The summed E-state index contributed by atoms with van der Waals surface area (Å²) in [4.78, 5) is 2.48. The van der Waals surface area contributed by atoms with E-state index in [0.717, 1.165) is 37.5 Å². The second-order valence-electron chi connectivity index (χ2n) is 6.33. The van der Waals surface area contributed by atoms with Gasteiger partial charge in [-0.1, -0.05) is 41.4 Å². The van der Waals surface area contributed by atoms with E-state index in [0.29, 0.717) is 10.8 Å². The zero-order valence-corrected chi connectivity index (χ0v) is 15.8. The normalized spacial score (nSPS) is 16.5. The SMILES string of the molecule is COc1cc(C(c2ccc(C)cc2)N2CCNCC2)c(OC)cc1Cl. The van der Waals surface area contributed by atoms with Gasteiger partial charge in [0.05, 0.1) is 25.3 Å². The highest BCUT2D eigenvalue weighted by molar-refractivity contribution is 6.32. The molecule has 1 aliphatic heterocycles. The van der Waals surface area contributed by atoms with E-state index in [9.17, 15) is 0 Å². The predicted octanol–water partition coefficient (Wildman–Crippen LogP) is 3.66. The fourth-order valence-corrected chi connectivity index (χ4v) is 3.60. The average molecular weight is 361 g/mol. The van der Waals surface area contributed by atoms with Gasteiger partial charge >= 0.3 is 0 Å². The number of hydrogen-bond acceptors (Lipinski definition) is 4. The Morgan fingerprint density at radius 3 is 2.24 bits per heavy atom. The lowest BCUT2D eigenvalue weighted by molar-refractivity contribution is 0.195. The zero-order chi connectivity index (χ0) is 17.8. The number of nitrogens with zero attached hydrogens (tertiary/aromatic N) is 1. The fourth-order valence-electron chi connectivity index (χ4n) is 3.37. The second-order valence-corrected chi connectivity index (χ2v) is 6.74. The quantitative estimate of drug-likeness (QED) is 0.882. The van der Waals surface area contributed by atoms with E-state index in [-0.39, 0.29) is 6.04 Å². The lowest BCUT2D eigenvalue weighted by atomic mass is 9.94. The summed E-state index contributed by atoms with van der Waals surface area (Å²) in [5.41, 5.74) is 3.58. The van der Waals surface area contributed by atoms with Crippen LogP contribution in [-0.2, 0) is 0 Å². The van der Waals surface area contributed by atoms with Crippen LogP contribution in [0.1, 0.15) is 22.7 Å². The Balaban J connectivity index is 2.11. The molecule has 2 aromatic rings. The van der Waals surface area contributed by atoms with E-state index >= 15 is 0 Å². The molecule has 1 saturated heterocycles. The average Bonchev–Trinajstić information content (AvgIpc) is 2.65. The number of piperazine rings is 1. The molecule has 0 aromatic heterocycles. The van der Waals surface area contributed by atoms with Crippen LogP contribution in [0.2, 0.25) is 5.02 Å². The molecule has 1 fully saturated rings. The van der Waals surface area contributed by atoms with Crippen LogP contribution in [0.3, 0.4) is 0 Å². The topological polar surface area (TPSA) is 33.7 Å². The van der Waals surface area contributed by atoms with Crippen molar-refractivity contribution in [2.75, 3.05) is 40.4 Å². The molecule has 1 N–H and O–H groups in total. The molecule has 0 bridgehead atoms. The van der Waals surface area contributed by atoms with Crippen molar-refractivity contribution >= 4 is 11.6 Å². The summed E-state index contributed by atoms with van der Waals surface area (Å²) in [6, 6.07) is 12.7. The highest BCUT2D eigenvalue weighted by atomic mass is 35.5. The molecule has 0 radical (unpaired) electrons. The Morgan fingerprint density at radius 1 is 1.00 bits per heavy atom. The maximum atomic E-state index is 6.31. The zero-order valence-electron chi connectivity index (χ0n) is 15.0. The molecule has 1 atom stereocenters. The number of hydrogen-bond donors (Lipinski definition) is 1. The van der Waals surface area contributed by atoms with Gasteiger partial charge in [0.15, 0.2) is 0 Å². The van der Waals surface area contributed by atoms with Crippen molar-refractivity contribution in [1.29, 1.82) is 0 Å². The van der Waals surface area contributed by atoms with Gasteiger partial charge in [0.1, 0.15) is 11.5 Å². The molecule has 3 rings (SSSR count). The highest BCUT2D eigenvalue weighted by Crippen LogP contribution is 2.40. The number of aryl methyl sites for hydroxylation is 1. The minimum atomic E-state index is 0.101. The first-order valence-electron chi connectivity index (χ1n) is 8.56. The molecule has 0 saturated carbocycles. The van der Waals surface area contributed by atoms with E-state index in [1.165, 1.54) is 11.1 Å². The smallest absolute Gasteiger partial charge is 0.138 e. The van der Waals surface area contributed by atoms with Crippen molar-refractivity contribution in [2.45, 2.75) is 13.0 Å². The van der Waals surface area contributed by atoms with Gasteiger partial charge in [0, 0.05) is 37.8 Å². The fraction of sp³-hybridized carbons (Fsp3) is 0.400. The minimum absolute atomic E-state index is 0.101. The second kappa shape index (κ2) is 8.09. The van der Waals surface area contributed by atoms with E-state index in [4.69, 9.17) is 21.1 Å². The van der Waals surface area contributed by atoms with Gasteiger partial charge in [-0.05, 0) is 18.6 Å². The number of benzene rings is 2. The molecule has 5 heteroatoms. The first-order chi connectivity index (χ1) is 12.1. The Bertz CT molecular complexity index is 712. The maximum absolute atomic E-state index is 6.31. The lowest BCUT2D eigenvalue weighted by Crippen LogP contribution is -2.45. The minimum Gasteiger partial charge on any atom is -0.496 e. The van der Waals surface area contributed by atoms with Crippen LogP contribution in [0.4, 0.5) is 0 Å². The molecule has 1 heterocycles. The van der Waals surface area contributed by atoms with Gasteiger partial charge < -0.3 is 14.8 Å². The van der Waals surface area contributed by atoms with Crippen molar-refractivity contribution in [3.63, 3.8) is 0 Å².